The first-order valence-electron chi connectivity index (χ1n) is 7.84. The lowest BCUT2D eigenvalue weighted by Gasteiger charge is -2.14. The molecule has 0 aromatic heterocycles. The van der Waals surface area contributed by atoms with Gasteiger partial charge in [-0.2, -0.15) is 0 Å². The van der Waals surface area contributed by atoms with E-state index < -0.39 is 0 Å². The molecule has 2 N–H and O–H groups in total. The molecule has 2 rings (SSSR count). The van der Waals surface area contributed by atoms with E-state index in [-0.39, 0.29) is 0 Å². The van der Waals surface area contributed by atoms with Gasteiger partial charge in [0.05, 0.1) is 7.11 Å². The summed E-state index contributed by atoms with van der Waals surface area (Å²) in [6.07, 6.45) is 0.775. The van der Waals surface area contributed by atoms with Crippen LogP contribution in [0.3, 0.4) is 0 Å². The van der Waals surface area contributed by atoms with Crippen LogP contribution in [-0.4, -0.2) is 26.9 Å². The first kappa shape index (κ1) is 17.2. The van der Waals surface area contributed by atoms with Gasteiger partial charge in [0.15, 0.2) is 0 Å². The molecular formula is C19H25NO3. The van der Waals surface area contributed by atoms with Crippen LogP contribution in [-0.2, 0) is 6.42 Å². The number of aryl methyl sites for hydroxylation is 2. The topological polar surface area (TPSA) is 53.7 Å². The minimum atomic E-state index is 0.470. The van der Waals surface area contributed by atoms with Crippen molar-refractivity contribution in [1.29, 1.82) is 0 Å². The van der Waals surface area contributed by atoms with Gasteiger partial charge in [-0.15, -0.1) is 0 Å². The summed E-state index contributed by atoms with van der Waals surface area (Å²) in [5.41, 5.74) is 9.10. The van der Waals surface area contributed by atoms with Crippen LogP contribution < -0.4 is 19.9 Å². The predicted octanol–water partition coefficient (Wildman–Crippen LogP) is 3.27. The molecule has 0 atom stereocenters. The van der Waals surface area contributed by atoms with Gasteiger partial charge in [0.1, 0.15) is 30.5 Å². The summed E-state index contributed by atoms with van der Waals surface area (Å²) >= 11 is 0. The van der Waals surface area contributed by atoms with Crippen molar-refractivity contribution in [2.24, 2.45) is 5.73 Å². The highest BCUT2D eigenvalue weighted by molar-refractivity contribution is 5.41. The molecule has 0 fully saturated rings. The standard InChI is InChI=1S/C19H25NO3/c1-14-4-7-18(15(2)12-14)22-10-11-23-19-13-17(21-3)6-5-16(19)8-9-20/h4-7,12-13H,8-11,20H2,1-3H3. The molecule has 0 aliphatic carbocycles. The van der Waals surface area contributed by atoms with E-state index in [9.17, 15) is 0 Å². The summed E-state index contributed by atoms with van der Waals surface area (Å²) in [5.74, 6) is 2.47. The highest BCUT2D eigenvalue weighted by Gasteiger charge is 2.06. The maximum absolute atomic E-state index is 5.86. The van der Waals surface area contributed by atoms with Crippen molar-refractivity contribution in [3.63, 3.8) is 0 Å². The Balaban J connectivity index is 1.92. The van der Waals surface area contributed by atoms with E-state index in [1.54, 1.807) is 7.11 Å². The Kier molecular flexibility index (Phi) is 6.29. The second kappa shape index (κ2) is 8.44. The molecule has 0 heterocycles. The number of benzene rings is 2. The average molecular weight is 315 g/mol. The van der Waals surface area contributed by atoms with Gasteiger partial charge in [-0.05, 0) is 50.1 Å². The van der Waals surface area contributed by atoms with Crippen LogP contribution in [0, 0.1) is 13.8 Å². The molecule has 4 heteroatoms. The van der Waals surface area contributed by atoms with E-state index in [1.165, 1.54) is 5.56 Å². The molecule has 0 bridgehead atoms. The molecule has 0 aliphatic heterocycles. The lowest BCUT2D eigenvalue weighted by Crippen LogP contribution is -2.12. The Morgan fingerprint density at radius 2 is 1.65 bits per heavy atom. The largest absolute Gasteiger partial charge is 0.497 e. The van der Waals surface area contributed by atoms with Crippen LogP contribution in [0.15, 0.2) is 36.4 Å². The molecule has 0 spiro atoms. The zero-order chi connectivity index (χ0) is 16.7. The van der Waals surface area contributed by atoms with Crippen LogP contribution in [0.25, 0.3) is 0 Å². The second-order valence-electron chi connectivity index (χ2n) is 5.48. The molecule has 4 nitrogen and oxygen atoms in total. The Morgan fingerprint density at radius 1 is 0.913 bits per heavy atom. The van der Waals surface area contributed by atoms with Crippen LogP contribution >= 0.6 is 0 Å². The van der Waals surface area contributed by atoms with Crippen LogP contribution in [0.4, 0.5) is 0 Å². The van der Waals surface area contributed by atoms with Gasteiger partial charge in [0.2, 0.25) is 0 Å². The number of hydrogen-bond donors (Lipinski definition) is 1. The van der Waals surface area contributed by atoms with Crippen molar-refractivity contribution < 1.29 is 14.2 Å². The monoisotopic (exact) mass is 315 g/mol. The quantitative estimate of drug-likeness (QED) is 0.760. The smallest absolute Gasteiger partial charge is 0.126 e. The molecule has 2 aromatic carbocycles. The molecule has 23 heavy (non-hydrogen) atoms. The number of hydrogen-bond acceptors (Lipinski definition) is 4. The highest BCUT2D eigenvalue weighted by atomic mass is 16.5. The first-order valence-corrected chi connectivity index (χ1v) is 7.84. The number of rotatable bonds is 8. The van der Waals surface area contributed by atoms with E-state index in [4.69, 9.17) is 19.9 Å². The van der Waals surface area contributed by atoms with Crippen LogP contribution in [0.5, 0.6) is 17.2 Å². The Labute approximate surface area is 138 Å². The van der Waals surface area contributed by atoms with Crippen LogP contribution in [0.2, 0.25) is 0 Å². The zero-order valence-corrected chi connectivity index (χ0v) is 14.1. The lowest BCUT2D eigenvalue weighted by atomic mass is 10.1. The Bertz CT molecular complexity index is 641. The predicted molar refractivity (Wildman–Crippen MR) is 92.7 cm³/mol. The number of methoxy groups -OCH3 is 1. The van der Waals surface area contributed by atoms with Crippen molar-refractivity contribution in [3.8, 4) is 17.2 Å². The lowest BCUT2D eigenvalue weighted by molar-refractivity contribution is 0.214. The van der Waals surface area contributed by atoms with Crippen molar-refractivity contribution in [2.45, 2.75) is 20.3 Å². The second-order valence-corrected chi connectivity index (χ2v) is 5.48. The van der Waals surface area contributed by atoms with Gasteiger partial charge < -0.3 is 19.9 Å². The summed E-state index contributed by atoms with van der Waals surface area (Å²) < 4.78 is 16.9. The third-order valence-corrected chi connectivity index (χ3v) is 3.62. The molecule has 124 valence electrons. The van der Waals surface area contributed by atoms with Crippen molar-refractivity contribution >= 4 is 0 Å². The summed E-state index contributed by atoms with van der Waals surface area (Å²) in [6, 6.07) is 12.0. The molecule has 0 saturated heterocycles. The zero-order valence-electron chi connectivity index (χ0n) is 14.1. The van der Waals surface area contributed by atoms with Gasteiger partial charge in [-0.1, -0.05) is 23.8 Å². The van der Waals surface area contributed by atoms with Gasteiger partial charge in [-0.25, -0.2) is 0 Å². The van der Waals surface area contributed by atoms with Crippen LogP contribution in [0.1, 0.15) is 16.7 Å². The molecular weight excluding hydrogens is 290 g/mol. The maximum Gasteiger partial charge on any atom is 0.126 e. The molecule has 0 unspecified atom stereocenters. The van der Waals surface area contributed by atoms with Gasteiger partial charge in [0, 0.05) is 6.07 Å². The highest BCUT2D eigenvalue weighted by Crippen LogP contribution is 2.25. The van der Waals surface area contributed by atoms with Crippen molar-refractivity contribution in [2.75, 3.05) is 26.9 Å². The fourth-order valence-corrected chi connectivity index (χ4v) is 2.42. The molecule has 2 aromatic rings. The van der Waals surface area contributed by atoms with Crippen molar-refractivity contribution in [3.05, 3.63) is 53.1 Å². The van der Waals surface area contributed by atoms with E-state index >= 15 is 0 Å². The van der Waals surface area contributed by atoms with Gasteiger partial charge in [0.25, 0.3) is 0 Å². The van der Waals surface area contributed by atoms with Crippen molar-refractivity contribution in [1.82, 2.24) is 0 Å². The third kappa shape index (κ3) is 4.89. The van der Waals surface area contributed by atoms with E-state index in [2.05, 4.69) is 13.0 Å². The van der Waals surface area contributed by atoms with E-state index in [0.717, 1.165) is 34.8 Å². The SMILES string of the molecule is COc1ccc(CCN)c(OCCOc2ccc(C)cc2C)c1. The summed E-state index contributed by atoms with van der Waals surface area (Å²) in [5, 5.41) is 0. The molecule has 0 amide bonds. The minimum Gasteiger partial charge on any atom is -0.497 e. The van der Waals surface area contributed by atoms with E-state index in [0.29, 0.717) is 19.8 Å². The summed E-state index contributed by atoms with van der Waals surface area (Å²) in [4.78, 5) is 0. The molecule has 0 radical (unpaired) electrons. The van der Waals surface area contributed by atoms with Gasteiger partial charge in [-0.3, -0.25) is 0 Å². The molecule has 0 aliphatic rings. The van der Waals surface area contributed by atoms with Gasteiger partial charge >= 0.3 is 0 Å². The molecule has 0 saturated carbocycles. The normalized spacial score (nSPS) is 10.4. The number of ether oxygens (including phenoxy) is 3. The first-order chi connectivity index (χ1) is 11.1. The van der Waals surface area contributed by atoms with E-state index in [1.807, 2.05) is 37.3 Å². The minimum absolute atomic E-state index is 0.470. The number of nitrogens with two attached hydrogens (primary N) is 1. The summed E-state index contributed by atoms with van der Waals surface area (Å²) in [6.45, 7) is 5.66. The summed E-state index contributed by atoms with van der Waals surface area (Å²) in [7, 11) is 1.64. The fourth-order valence-electron chi connectivity index (χ4n) is 2.42. The Morgan fingerprint density at radius 3 is 2.30 bits per heavy atom. The maximum atomic E-state index is 5.86. The fraction of sp³-hybridized carbons (Fsp3) is 0.368. The third-order valence-electron chi connectivity index (χ3n) is 3.62. The Hall–Kier alpha value is -2.20. The average Bonchev–Trinajstić information content (AvgIpc) is 2.54.